The number of nitro groups is 1. The summed E-state index contributed by atoms with van der Waals surface area (Å²) < 4.78 is 5.14. The van der Waals surface area contributed by atoms with Crippen LogP contribution in [0.5, 0.6) is 5.75 Å². The van der Waals surface area contributed by atoms with Crippen molar-refractivity contribution < 1.29 is 24.4 Å². The number of ether oxygens (including phenoxy) is 1. The molecule has 1 amide bonds. The summed E-state index contributed by atoms with van der Waals surface area (Å²) in [5.41, 5.74) is -0.317. The van der Waals surface area contributed by atoms with E-state index in [1.807, 2.05) is 6.92 Å². The molecule has 1 aromatic carbocycles. The number of carboxylic acid groups (broad SMARTS) is 1. The van der Waals surface area contributed by atoms with Gasteiger partial charge in [0.2, 0.25) is 0 Å². The summed E-state index contributed by atoms with van der Waals surface area (Å²) in [7, 11) is 0. The highest BCUT2D eigenvalue weighted by molar-refractivity contribution is 5.97. The normalized spacial score (nSPS) is 11.6. The highest BCUT2D eigenvalue weighted by Gasteiger charge is 2.23. The van der Waals surface area contributed by atoms with E-state index in [-0.39, 0.29) is 23.6 Å². The minimum absolute atomic E-state index is 0.0166. The molecule has 1 rings (SSSR count). The van der Waals surface area contributed by atoms with E-state index >= 15 is 0 Å². The Morgan fingerprint density at radius 1 is 1.39 bits per heavy atom. The molecule has 23 heavy (non-hydrogen) atoms. The van der Waals surface area contributed by atoms with Crippen molar-refractivity contribution in [3.05, 3.63) is 33.9 Å². The second kappa shape index (κ2) is 8.72. The van der Waals surface area contributed by atoms with Crippen molar-refractivity contribution >= 4 is 17.6 Å². The number of amides is 1. The van der Waals surface area contributed by atoms with Crippen molar-refractivity contribution in [2.24, 2.45) is 0 Å². The number of carbonyl (C=O) groups excluding carboxylic acids is 1. The van der Waals surface area contributed by atoms with Gasteiger partial charge in [0.05, 0.1) is 11.5 Å². The third-order valence-electron chi connectivity index (χ3n) is 3.17. The van der Waals surface area contributed by atoms with E-state index in [2.05, 4.69) is 5.32 Å². The lowest BCUT2D eigenvalue weighted by molar-refractivity contribution is -0.385. The van der Waals surface area contributed by atoms with E-state index in [0.717, 1.165) is 12.5 Å². The summed E-state index contributed by atoms with van der Waals surface area (Å²) in [6.07, 6.45) is 1.76. The summed E-state index contributed by atoms with van der Waals surface area (Å²) in [5.74, 6) is -1.73. The molecule has 2 N–H and O–H groups in total. The van der Waals surface area contributed by atoms with Crippen LogP contribution in [0.4, 0.5) is 5.69 Å². The van der Waals surface area contributed by atoms with Crippen LogP contribution in [0.25, 0.3) is 0 Å². The fourth-order valence-corrected chi connectivity index (χ4v) is 1.99. The summed E-state index contributed by atoms with van der Waals surface area (Å²) in [6, 6.07) is 2.76. The number of benzene rings is 1. The maximum absolute atomic E-state index is 12.1. The topological polar surface area (TPSA) is 119 Å². The highest BCUT2D eigenvalue weighted by atomic mass is 16.6. The van der Waals surface area contributed by atoms with E-state index in [1.165, 1.54) is 12.1 Å². The van der Waals surface area contributed by atoms with Gasteiger partial charge in [0.25, 0.3) is 5.91 Å². The van der Waals surface area contributed by atoms with Gasteiger partial charge in [-0.1, -0.05) is 19.8 Å². The van der Waals surface area contributed by atoms with Gasteiger partial charge >= 0.3 is 11.7 Å². The first-order valence-electron chi connectivity index (χ1n) is 7.35. The van der Waals surface area contributed by atoms with Crippen molar-refractivity contribution in [3.63, 3.8) is 0 Å². The minimum Gasteiger partial charge on any atom is -0.487 e. The number of carbonyl (C=O) groups is 2. The van der Waals surface area contributed by atoms with Gasteiger partial charge in [-0.3, -0.25) is 14.9 Å². The molecule has 8 nitrogen and oxygen atoms in total. The number of hydrogen-bond donors (Lipinski definition) is 2. The zero-order valence-electron chi connectivity index (χ0n) is 13.1. The van der Waals surface area contributed by atoms with Crippen LogP contribution in [-0.4, -0.2) is 34.6 Å². The zero-order chi connectivity index (χ0) is 17.4. The number of carboxylic acids is 1. The first kappa shape index (κ1) is 18.4. The summed E-state index contributed by atoms with van der Waals surface area (Å²) in [4.78, 5) is 33.7. The Bertz CT molecular complexity index is 587. The van der Waals surface area contributed by atoms with Crippen molar-refractivity contribution in [2.75, 3.05) is 6.61 Å². The van der Waals surface area contributed by atoms with Gasteiger partial charge in [0.15, 0.2) is 5.75 Å². The lowest BCUT2D eigenvalue weighted by atomic mass is 10.1. The number of unbranched alkanes of at least 4 members (excludes halogenated alkanes) is 1. The molecule has 1 atom stereocenters. The van der Waals surface area contributed by atoms with Crippen LogP contribution in [0, 0.1) is 10.1 Å². The van der Waals surface area contributed by atoms with Crippen molar-refractivity contribution in [1.29, 1.82) is 0 Å². The van der Waals surface area contributed by atoms with Crippen LogP contribution in [0.3, 0.4) is 0 Å². The molecular formula is C15H20N2O6. The smallest absolute Gasteiger partial charge is 0.326 e. The van der Waals surface area contributed by atoms with Gasteiger partial charge in [0.1, 0.15) is 6.04 Å². The highest BCUT2D eigenvalue weighted by Crippen LogP contribution is 2.28. The molecule has 8 heteroatoms. The predicted octanol–water partition coefficient (Wildman–Crippen LogP) is 2.37. The first-order chi connectivity index (χ1) is 10.9. The van der Waals surface area contributed by atoms with Gasteiger partial charge in [-0.05, 0) is 25.5 Å². The molecule has 1 aromatic rings. The molecular weight excluding hydrogens is 304 g/mol. The van der Waals surface area contributed by atoms with E-state index < -0.39 is 22.8 Å². The fourth-order valence-electron chi connectivity index (χ4n) is 1.99. The number of nitrogens with one attached hydrogen (secondary N) is 1. The minimum atomic E-state index is -1.13. The molecule has 0 aliphatic rings. The predicted molar refractivity (Wildman–Crippen MR) is 82.7 cm³/mol. The molecule has 0 spiro atoms. The molecule has 0 unspecified atom stereocenters. The van der Waals surface area contributed by atoms with Crippen molar-refractivity contribution in [3.8, 4) is 5.75 Å². The molecule has 0 aliphatic heterocycles. The summed E-state index contributed by atoms with van der Waals surface area (Å²) in [5, 5.41) is 22.5. The van der Waals surface area contributed by atoms with E-state index in [0.29, 0.717) is 12.8 Å². The molecule has 0 saturated carbocycles. The Hall–Kier alpha value is -2.64. The number of nitrogens with zero attached hydrogens (tertiary/aromatic N) is 1. The van der Waals surface area contributed by atoms with Crippen LogP contribution in [0.2, 0.25) is 0 Å². The van der Waals surface area contributed by atoms with Crippen LogP contribution in [0.15, 0.2) is 18.2 Å². The third-order valence-corrected chi connectivity index (χ3v) is 3.17. The number of rotatable bonds is 9. The lowest BCUT2D eigenvalue weighted by Crippen LogP contribution is -2.40. The molecule has 0 radical (unpaired) electrons. The second-order valence-electron chi connectivity index (χ2n) is 4.88. The Morgan fingerprint density at radius 3 is 2.61 bits per heavy atom. The Kier molecular flexibility index (Phi) is 6.98. The largest absolute Gasteiger partial charge is 0.487 e. The Labute approximate surface area is 133 Å². The molecule has 0 fully saturated rings. The van der Waals surface area contributed by atoms with Crippen molar-refractivity contribution in [1.82, 2.24) is 5.32 Å². The van der Waals surface area contributed by atoms with Gasteiger partial charge in [0, 0.05) is 11.6 Å². The number of aliphatic carboxylic acids is 1. The lowest BCUT2D eigenvalue weighted by Gasteiger charge is -2.14. The maximum Gasteiger partial charge on any atom is 0.326 e. The monoisotopic (exact) mass is 324 g/mol. The zero-order valence-corrected chi connectivity index (χ0v) is 13.1. The molecule has 0 bridgehead atoms. The van der Waals surface area contributed by atoms with Gasteiger partial charge in [-0.25, -0.2) is 4.79 Å². The summed E-state index contributed by atoms with van der Waals surface area (Å²) >= 11 is 0. The number of nitro benzene ring substituents is 1. The average molecular weight is 324 g/mol. The van der Waals surface area contributed by atoms with Crippen LogP contribution < -0.4 is 10.1 Å². The molecule has 0 aromatic heterocycles. The van der Waals surface area contributed by atoms with Gasteiger partial charge < -0.3 is 15.2 Å². The average Bonchev–Trinajstić information content (AvgIpc) is 2.51. The molecule has 0 saturated heterocycles. The third kappa shape index (κ3) is 5.24. The molecule has 0 aliphatic carbocycles. The quantitative estimate of drug-likeness (QED) is 0.531. The first-order valence-corrected chi connectivity index (χ1v) is 7.35. The van der Waals surface area contributed by atoms with Crippen LogP contribution in [0.1, 0.15) is 43.5 Å². The van der Waals surface area contributed by atoms with E-state index in [4.69, 9.17) is 9.84 Å². The van der Waals surface area contributed by atoms with E-state index in [1.54, 1.807) is 6.92 Å². The van der Waals surface area contributed by atoms with Crippen molar-refractivity contribution in [2.45, 2.75) is 39.2 Å². The van der Waals surface area contributed by atoms with Crippen LogP contribution in [-0.2, 0) is 4.79 Å². The Balaban J connectivity index is 2.96. The maximum atomic E-state index is 12.1. The second-order valence-corrected chi connectivity index (χ2v) is 4.88. The SMILES string of the molecule is CCCC[C@H](NC(=O)c1ccc(OCC)c([N+](=O)[O-])c1)C(=O)O. The standard InChI is InChI=1S/C15H20N2O6/c1-3-5-6-11(15(19)20)16-14(18)10-7-8-13(23-4-2)12(9-10)17(21)22/h7-9,11H,3-6H2,1-2H3,(H,16,18)(H,19,20)/t11-/m0/s1. The Morgan fingerprint density at radius 2 is 2.09 bits per heavy atom. The van der Waals surface area contributed by atoms with Crippen LogP contribution >= 0.6 is 0 Å². The fraction of sp³-hybridized carbons (Fsp3) is 0.467. The summed E-state index contributed by atoms with van der Waals surface area (Å²) in [6.45, 7) is 3.86. The van der Waals surface area contributed by atoms with Gasteiger partial charge in [-0.2, -0.15) is 0 Å². The van der Waals surface area contributed by atoms with E-state index in [9.17, 15) is 19.7 Å². The molecule has 0 heterocycles. The number of hydrogen-bond acceptors (Lipinski definition) is 5. The molecule has 126 valence electrons. The van der Waals surface area contributed by atoms with Gasteiger partial charge in [-0.15, -0.1) is 0 Å².